The van der Waals surface area contributed by atoms with E-state index in [1.54, 1.807) is 19.2 Å². The summed E-state index contributed by atoms with van der Waals surface area (Å²) in [6.45, 7) is 0.932. The van der Waals surface area contributed by atoms with Crippen LogP contribution in [0.4, 0.5) is 4.39 Å². The highest BCUT2D eigenvalue weighted by atomic mass is 127. The minimum atomic E-state index is -0.374. The average Bonchev–Trinajstić information content (AvgIpc) is 2.57. The molecular weight excluding hydrogens is 516 g/mol. The van der Waals surface area contributed by atoms with E-state index in [1.165, 1.54) is 18.3 Å². The quantitative estimate of drug-likeness (QED) is 0.248. The molecule has 0 fully saturated rings. The molecule has 0 aliphatic rings. The smallest absolute Gasteiger partial charge is 0.191 e. The molecule has 0 bridgehead atoms. The average molecular weight is 534 g/mol. The molecule has 0 spiro atoms. The molecule has 10 heteroatoms. The zero-order chi connectivity index (χ0) is 18.2. The second-order valence-corrected chi connectivity index (χ2v) is 6.08. The lowest BCUT2D eigenvalue weighted by Gasteiger charge is -2.13. The van der Waals surface area contributed by atoms with Gasteiger partial charge in [-0.05, 0) is 24.3 Å². The van der Waals surface area contributed by atoms with Gasteiger partial charge in [0.2, 0.25) is 0 Å². The SMILES string of the molecule is CN=C(NCCOc1c(Cl)cc(Cl)cc1Cl)NCc1ncccc1F.I. The Morgan fingerprint density at radius 2 is 1.92 bits per heavy atom. The van der Waals surface area contributed by atoms with Crippen molar-refractivity contribution in [3.05, 3.63) is 57.0 Å². The van der Waals surface area contributed by atoms with Crippen LogP contribution in [0, 0.1) is 5.82 Å². The van der Waals surface area contributed by atoms with Crippen molar-refractivity contribution in [2.45, 2.75) is 6.54 Å². The monoisotopic (exact) mass is 532 g/mol. The summed E-state index contributed by atoms with van der Waals surface area (Å²) in [4.78, 5) is 8.01. The largest absolute Gasteiger partial charge is 0.489 e. The van der Waals surface area contributed by atoms with Crippen LogP contribution in [-0.2, 0) is 6.54 Å². The third-order valence-corrected chi connectivity index (χ3v) is 3.87. The fourth-order valence-corrected chi connectivity index (χ4v) is 2.85. The van der Waals surface area contributed by atoms with Crippen LogP contribution in [0.1, 0.15) is 5.69 Å². The molecule has 0 amide bonds. The van der Waals surface area contributed by atoms with Crippen LogP contribution in [0.15, 0.2) is 35.5 Å². The van der Waals surface area contributed by atoms with E-state index in [4.69, 9.17) is 39.5 Å². The Hall–Kier alpha value is -1.03. The van der Waals surface area contributed by atoms with E-state index in [0.29, 0.717) is 45.6 Å². The van der Waals surface area contributed by atoms with E-state index in [1.807, 2.05) is 0 Å². The Morgan fingerprint density at radius 3 is 2.54 bits per heavy atom. The maximum absolute atomic E-state index is 13.5. The van der Waals surface area contributed by atoms with Crippen LogP contribution in [-0.4, -0.2) is 31.1 Å². The predicted molar refractivity (Wildman–Crippen MR) is 115 cm³/mol. The number of halogens is 5. The Balaban J connectivity index is 0.00000338. The summed E-state index contributed by atoms with van der Waals surface area (Å²) in [6.07, 6.45) is 1.53. The lowest BCUT2D eigenvalue weighted by atomic mass is 10.3. The second kappa shape index (κ2) is 11.6. The zero-order valence-corrected chi connectivity index (χ0v) is 18.3. The molecule has 142 valence electrons. The normalized spacial score (nSPS) is 10.9. The Bertz CT molecular complexity index is 741. The van der Waals surface area contributed by atoms with Gasteiger partial charge in [-0.2, -0.15) is 0 Å². The molecular formula is C16H17Cl3FIN4O. The molecule has 0 saturated carbocycles. The first-order chi connectivity index (χ1) is 12.0. The number of pyridine rings is 1. The summed E-state index contributed by atoms with van der Waals surface area (Å²) >= 11 is 17.9. The van der Waals surface area contributed by atoms with Gasteiger partial charge in [-0.1, -0.05) is 34.8 Å². The van der Waals surface area contributed by atoms with Crippen molar-refractivity contribution in [2.24, 2.45) is 4.99 Å². The van der Waals surface area contributed by atoms with Gasteiger partial charge < -0.3 is 15.4 Å². The van der Waals surface area contributed by atoms with Gasteiger partial charge >= 0.3 is 0 Å². The topological polar surface area (TPSA) is 58.5 Å². The van der Waals surface area contributed by atoms with E-state index in [9.17, 15) is 4.39 Å². The van der Waals surface area contributed by atoms with Crippen LogP contribution in [0.3, 0.4) is 0 Å². The lowest BCUT2D eigenvalue weighted by molar-refractivity contribution is 0.322. The number of ether oxygens (including phenoxy) is 1. The van der Waals surface area contributed by atoms with Crippen molar-refractivity contribution >= 4 is 64.7 Å². The molecule has 0 unspecified atom stereocenters. The summed E-state index contributed by atoms with van der Waals surface area (Å²) < 4.78 is 19.1. The van der Waals surface area contributed by atoms with Crippen LogP contribution in [0.2, 0.25) is 15.1 Å². The van der Waals surface area contributed by atoms with Gasteiger partial charge in [0.1, 0.15) is 12.4 Å². The van der Waals surface area contributed by atoms with Crippen LogP contribution in [0.25, 0.3) is 0 Å². The van der Waals surface area contributed by atoms with Crippen LogP contribution >= 0.6 is 58.8 Å². The van der Waals surface area contributed by atoms with Crippen molar-refractivity contribution in [2.75, 3.05) is 20.2 Å². The lowest BCUT2D eigenvalue weighted by Crippen LogP contribution is -2.39. The molecule has 2 N–H and O–H groups in total. The highest BCUT2D eigenvalue weighted by Crippen LogP contribution is 2.35. The summed E-state index contributed by atoms with van der Waals surface area (Å²) in [5.74, 6) is 0.482. The van der Waals surface area contributed by atoms with E-state index >= 15 is 0 Å². The molecule has 0 radical (unpaired) electrons. The van der Waals surface area contributed by atoms with Gasteiger partial charge in [0, 0.05) is 18.3 Å². The number of aliphatic imine (C=N–C) groups is 1. The van der Waals surface area contributed by atoms with Crippen molar-refractivity contribution in [3.63, 3.8) is 0 Å². The number of rotatable bonds is 6. The number of nitrogens with zero attached hydrogens (tertiary/aromatic N) is 2. The molecule has 5 nitrogen and oxygen atoms in total. The van der Waals surface area contributed by atoms with Gasteiger partial charge in [0.15, 0.2) is 11.7 Å². The van der Waals surface area contributed by atoms with Crippen LogP contribution in [0.5, 0.6) is 5.75 Å². The number of nitrogens with one attached hydrogen (secondary N) is 2. The molecule has 1 heterocycles. The number of benzene rings is 1. The van der Waals surface area contributed by atoms with Crippen LogP contribution < -0.4 is 15.4 Å². The van der Waals surface area contributed by atoms with Crippen molar-refractivity contribution in [1.29, 1.82) is 0 Å². The highest BCUT2D eigenvalue weighted by molar-refractivity contribution is 14.0. The summed E-state index contributed by atoms with van der Waals surface area (Å²) in [5, 5.41) is 7.11. The molecule has 2 aromatic rings. The molecule has 1 aromatic heterocycles. The molecule has 0 atom stereocenters. The maximum Gasteiger partial charge on any atom is 0.191 e. The minimum absolute atomic E-state index is 0. The number of hydrogen-bond donors (Lipinski definition) is 2. The Kier molecular flexibility index (Phi) is 10.3. The Labute approximate surface area is 183 Å². The van der Waals surface area contributed by atoms with E-state index < -0.39 is 0 Å². The minimum Gasteiger partial charge on any atom is -0.489 e. The predicted octanol–water partition coefficient (Wildman–Crippen LogP) is 4.54. The fourth-order valence-electron chi connectivity index (χ4n) is 1.93. The van der Waals surface area contributed by atoms with Gasteiger partial charge in [-0.25, -0.2) is 4.39 Å². The molecule has 0 aliphatic heterocycles. The van der Waals surface area contributed by atoms with Gasteiger partial charge in [0.05, 0.1) is 28.8 Å². The first-order valence-corrected chi connectivity index (χ1v) is 8.46. The summed E-state index contributed by atoms with van der Waals surface area (Å²) in [7, 11) is 1.61. The molecule has 1 aromatic carbocycles. The highest BCUT2D eigenvalue weighted by Gasteiger charge is 2.09. The number of aromatic nitrogens is 1. The fraction of sp³-hybridized carbons (Fsp3) is 0.250. The van der Waals surface area contributed by atoms with Crippen molar-refractivity contribution in [3.8, 4) is 5.75 Å². The third-order valence-electron chi connectivity index (χ3n) is 3.09. The van der Waals surface area contributed by atoms with E-state index in [0.717, 1.165) is 0 Å². The van der Waals surface area contributed by atoms with Gasteiger partial charge in [0.25, 0.3) is 0 Å². The number of hydrogen-bond acceptors (Lipinski definition) is 3. The number of guanidine groups is 1. The molecule has 2 rings (SSSR count). The third kappa shape index (κ3) is 6.94. The summed E-state index contributed by atoms with van der Waals surface area (Å²) in [5.41, 5.74) is 0.307. The van der Waals surface area contributed by atoms with E-state index in [-0.39, 0.29) is 36.3 Å². The molecule has 26 heavy (non-hydrogen) atoms. The van der Waals surface area contributed by atoms with Crippen molar-refractivity contribution in [1.82, 2.24) is 15.6 Å². The van der Waals surface area contributed by atoms with E-state index in [2.05, 4.69) is 20.6 Å². The van der Waals surface area contributed by atoms with Gasteiger partial charge in [-0.15, -0.1) is 24.0 Å². The molecule has 0 aliphatic carbocycles. The van der Waals surface area contributed by atoms with Gasteiger partial charge in [-0.3, -0.25) is 9.98 Å². The zero-order valence-electron chi connectivity index (χ0n) is 13.7. The molecule has 0 saturated heterocycles. The standard InChI is InChI=1S/C16H16Cl3FN4O.HI/c1-21-16(24-9-14-13(20)3-2-4-22-14)23-5-6-25-15-11(18)7-10(17)8-12(15)19;/h2-4,7-8H,5-6,9H2,1H3,(H2,21,23,24);1H. The first-order valence-electron chi connectivity index (χ1n) is 7.32. The van der Waals surface area contributed by atoms with Crippen molar-refractivity contribution < 1.29 is 9.13 Å². The first kappa shape index (κ1) is 23.0. The maximum atomic E-state index is 13.5. The summed E-state index contributed by atoms with van der Waals surface area (Å²) in [6, 6.07) is 6.00. The second-order valence-electron chi connectivity index (χ2n) is 4.83. The Morgan fingerprint density at radius 1 is 1.23 bits per heavy atom.